The van der Waals surface area contributed by atoms with Gasteiger partial charge in [-0.2, -0.15) is 13.2 Å². The number of carboxylic acid groups (broad SMARTS) is 1. The van der Waals surface area contributed by atoms with Gasteiger partial charge in [-0.05, 0) is 13.3 Å². The minimum Gasteiger partial charge on any atom is -0.481 e. The summed E-state index contributed by atoms with van der Waals surface area (Å²) >= 11 is 0.397. The zero-order valence-corrected chi connectivity index (χ0v) is 9.60. The Bertz CT molecular complexity index is 394. The molecule has 1 heterocycles. The maximum Gasteiger partial charge on any atom is 0.445 e. The maximum atomic E-state index is 12.2. The summed E-state index contributed by atoms with van der Waals surface area (Å²) in [6.07, 6.45) is -4.25. The van der Waals surface area contributed by atoms with Crippen LogP contribution in [0.4, 0.5) is 18.3 Å². The first-order chi connectivity index (χ1) is 7.79. The van der Waals surface area contributed by atoms with Crippen LogP contribution < -0.4 is 5.32 Å². The fourth-order valence-electron chi connectivity index (χ4n) is 1.02. The average molecular weight is 269 g/mol. The van der Waals surface area contributed by atoms with E-state index in [1.165, 1.54) is 0 Å². The van der Waals surface area contributed by atoms with E-state index < -0.39 is 17.2 Å². The van der Waals surface area contributed by atoms with Crippen LogP contribution >= 0.6 is 11.3 Å². The highest BCUT2D eigenvalue weighted by Crippen LogP contribution is 2.33. The van der Waals surface area contributed by atoms with Gasteiger partial charge in [-0.3, -0.25) is 4.79 Å². The zero-order chi connectivity index (χ0) is 13.1. The van der Waals surface area contributed by atoms with Crippen molar-refractivity contribution in [1.29, 1.82) is 0 Å². The molecule has 1 atom stereocenters. The number of carboxylic acids is 1. The molecule has 0 amide bonds. The summed E-state index contributed by atoms with van der Waals surface area (Å²) in [5, 5.41) is 16.5. The van der Waals surface area contributed by atoms with Crippen LogP contribution in [-0.4, -0.2) is 27.3 Å². The SMILES string of the molecule is CC(CCC(=O)O)Nc1nnc(C(F)(F)F)s1. The van der Waals surface area contributed by atoms with Crippen molar-refractivity contribution in [2.45, 2.75) is 32.0 Å². The third-order valence-corrected chi connectivity index (χ3v) is 2.73. The highest BCUT2D eigenvalue weighted by molar-refractivity contribution is 7.15. The Morgan fingerprint density at radius 2 is 2.18 bits per heavy atom. The predicted molar refractivity (Wildman–Crippen MR) is 54.9 cm³/mol. The van der Waals surface area contributed by atoms with Crippen molar-refractivity contribution in [3.05, 3.63) is 5.01 Å². The first kappa shape index (κ1) is 13.7. The van der Waals surface area contributed by atoms with Gasteiger partial charge in [0.15, 0.2) is 0 Å². The summed E-state index contributed by atoms with van der Waals surface area (Å²) in [7, 11) is 0. The number of halogens is 3. The van der Waals surface area contributed by atoms with Crippen molar-refractivity contribution >= 4 is 22.4 Å². The van der Waals surface area contributed by atoms with Crippen molar-refractivity contribution in [3.63, 3.8) is 0 Å². The molecule has 0 aliphatic heterocycles. The molecule has 0 radical (unpaired) electrons. The minimum absolute atomic E-state index is 0.0372. The van der Waals surface area contributed by atoms with E-state index in [1.807, 2.05) is 0 Å². The molecule has 9 heteroatoms. The Morgan fingerprint density at radius 3 is 2.65 bits per heavy atom. The number of rotatable bonds is 5. The molecule has 0 fully saturated rings. The van der Waals surface area contributed by atoms with E-state index in [-0.39, 0.29) is 17.6 Å². The molecule has 0 saturated heterocycles. The third-order valence-electron chi connectivity index (χ3n) is 1.83. The molecule has 1 rings (SSSR count). The largest absolute Gasteiger partial charge is 0.481 e. The Labute approximate surface area is 98.7 Å². The predicted octanol–water partition coefficient (Wildman–Crippen LogP) is 2.22. The van der Waals surface area contributed by atoms with E-state index >= 15 is 0 Å². The molecule has 96 valence electrons. The van der Waals surface area contributed by atoms with E-state index in [1.54, 1.807) is 6.92 Å². The molecule has 0 aliphatic carbocycles. The summed E-state index contributed by atoms with van der Waals surface area (Å²) < 4.78 is 36.6. The normalized spacial score (nSPS) is 13.4. The van der Waals surface area contributed by atoms with Crippen LogP contribution in [0.1, 0.15) is 24.8 Å². The van der Waals surface area contributed by atoms with Crippen molar-refractivity contribution < 1.29 is 23.1 Å². The lowest BCUT2D eigenvalue weighted by molar-refractivity contribution is -0.138. The number of nitrogens with one attached hydrogen (secondary N) is 1. The number of anilines is 1. The second kappa shape index (κ2) is 5.30. The van der Waals surface area contributed by atoms with Crippen LogP contribution in [0, 0.1) is 0 Å². The van der Waals surface area contributed by atoms with Crippen molar-refractivity contribution in [3.8, 4) is 0 Å². The highest BCUT2D eigenvalue weighted by Gasteiger charge is 2.35. The Kier molecular flexibility index (Phi) is 4.27. The van der Waals surface area contributed by atoms with Crippen LogP contribution in [0.3, 0.4) is 0 Å². The van der Waals surface area contributed by atoms with Crippen LogP contribution in [0.15, 0.2) is 0 Å². The summed E-state index contributed by atoms with van der Waals surface area (Å²) in [5.74, 6) is -0.952. The molecule has 1 aromatic heterocycles. The van der Waals surface area contributed by atoms with E-state index in [4.69, 9.17) is 5.11 Å². The van der Waals surface area contributed by atoms with E-state index in [2.05, 4.69) is 15.5 Å². The highest BCUT2D eigenvalue weighted by atomic mass is 32.1. The Hall–Kier alpha value is -1.38. The van der Waals surface area contributed by atoms with Gasteiger partial charge < -0.3 is 10.4 Å². The molecule has 0 aromatic carbocycles. The Morgan fingerprint density at radius 1 is 1.53 bits per heavy atom. The number of aromatic nitrogens is 2. The second-order valence-electron chi connectivity index (χ2n) is 3.39. The van der Waals surface area contributed by atoms with E-state index in [0.29, 0.717) is 17.8 Å². The summed E-state index contributed by atoms with van der Waals surface area (Å²) in [6, 6.07) is -0.278. The second-order valence-corrected chi connectivity index (χ2v) is 4.37. The number of hydrogen-bond acceptors (Lipinski definition) is 5. The fourth-order valence-corrected chi connectivity index (χ4v) is 1.74. The van der Waals surface area contributed by atoms with Crippen molar-refractivity contribution in [2.75, 3.05) is 5.32 Å². The Balaban J connectivity index is 2.52. The van der Waals surface area contributed by atoms with Crippen LogP contribution in [0.25, 0.3) is 0 Å². The number of hydrogen-bond donors (Lipinski definition) is 2. The van der Waals surface area contributed by atoms with E-state index in [9.17, 15) is 18.0 Å². The van der Waals surface area contributed by atoms with Gasteiger partial charge in [0.25, 0.3) is 0 Å². The van der Waals surface area contributed by atoms with Gasteiger partial charge in [-0.15, -0.1) is 10.2 Å². The number of aliphatic carboxylic acids is 1. The topological polar surface area (TPSA) is 75.1 Å². The first-order valence-electron chi connectivity index (χ1n) is 4.68. The van der Waals surface area contributed by atoms with Crippen molar-refractivity contribution in [2.24, 2.45) is 0 Å². The number of nitrogens with zero attached hydrogens (tertiary/aromatic N) is 2. The smallest absolute Gasteiger partial charge is 0.445 e. The lowest BCUT2D eigenvalue weighted by atomic mass is 10.2. The quantitative estimate of drug-likeness (QED) is 0.857. The molecule has 1 unspecified atom stereocenters. The van der Waals surface area contributed by atoms with Gasteiger partial charge in [-0.1, -0.05) is 11.3 Å². The molecular formula is C8H10F3N3O2S. The molecule has 0 saturated carbocycles. The van der Waals surface area contributed by atoms with Gasteiger partial charge in [-0.25, -0.2) is 0 Å². The average Bonchev–Trinajstić information content (AvgIpc) is 2.62. The molecule has 2 N–H and O–H groups in total. The fraction of sp³-hybridized carbons (Fsp3) is 0.625. The third kappa shape index (κ3) is 4.55. The monoisotopic (exact) mass is 269 g/mol. The van der Waals surface area contributed by atoms with E-state index in [0.717, 1.165) is 0 Å². The van der Waals surface area contributed by atoms with Gasteiger partial charge >= 0.3 is 12.1 Å². The lowest BCUT2D eigenvalue weighted by Crippen LogP contribution is -2.16. The molecule has 0 spiro atoms. The molecule has 0 aliphatic rings. The molecular weight excluding hydrogens is 259 g/mol. The molecule has 1 aromatic rings. The first-order valence-corrected chi connectivity index (χ1v) is 5.49. The van der Waals surface area contributed by atoms with Gasteiger partial charge in [0.1, 0.15) is 0 Å². The standard InChI is InChI=1S/C8H10F3N3O2S/c1-4(2-3-5(15)16)12-7-14-13-6(17-7)8(9,10)11/h4H,2-3H2,1H3,(H,12,14)(H,15,16). The van der Waals surface area contributed by atoms with Crippen LogP contribution in [-0.2, 0) is 11.0 Å². The van der Waals surface area contributed by atoms with Crippen LogP contribution in [0.5, 0.6) is 0 Å². The zero-order valence-electron chi connectivity index (χ0n) is 8.78. The number of carbonyl (C=O) groups is 1. The maximum absolute atomic E-state index is 12.2. The molecule has 17 heavy (non-hydrogen) atoms. The van der Waals surface area contributed by atoms with Gasteiger partial charge in [0.2, 0.25) is 10.1 Å². The minimum atomic E-state index is -4.50. The van der Waals surface area contributed by atoms with Gasteiger partial charge in [0, 0.05) is 12.5 Å². The molecule has 5 nitrogen and oxygen atoms in total. The molecule has 0 bridgehead atoms. The summed E-state index contributed by atoms with van der Waals surface area (Å²) in [5.41, 5.74) is 0. The summed E-state index contributed by atoms with van der Waals surface area (Å²) in [6.45, 7) is 1.66. The number of alkyl halides is 3. The van der Waals surface area contributed by atoms with Crippen LogP contribution in [0.2, 0.25) is 0 Å². The van der Waals surface area contributed by atoms with Gasteiger partial charge in [0.05, 0.1) is 0 Å². The summed E-state index contributed by atoms with van der Waals surface area (Å²) in [4.78, 5) is 10.3. The van der Waals surface area contributed by atoms with Crippen molar-refractivity contribution in [1.82, 2.24) is 10.2 Å². The lowest BCUT2D eigenvalue weighted by Gasteiger charge is -2.10.